The average molecular weight is 320 g/mol. The molecule has 0 bridgehead atoms. The van der Waals surface area contributed by atoms with Gasteiger partial charge < -0.3 is 4.74 Å². The predicted octanol–water partition coefficient (Wildman–Crippen LogP) is 6.20. The van der Waals surface area contributed by atoms with Crippen LogP contribution in [0.3, 0.4) is 0 Å². The second kappa shape index (κ2) is 8.61. The molecule has 0 fully saturated rings. The zero-order chi connectivity index (χ0) is 15.8. The van der Waals surface area contributed by atoms with Crippen LogP contribution >= 0.6 is 11.8 Å². The lowest BCUT2D eigenvalue weighted by molar-refractivity contribution is 0.0197. The van der Waals surface area contributed by atoms with E-state index in [9.17, 15) is 4.79 Å². The summed E-state index contributed by atoms with van der Waals surface area (Å²) in [7, 11) is 0. The van der Waals surface area contributed by atoms with E-state index >= 15 is 0 Å². The van der Waals surface area contributed by atoms with E-state index in [1.54, 1.807) is 11.8 Å². The summed E-state index contributed by atoms with van der Waals surface area (Å²) >= 11 is 1.69. The van der Waals surface area contributed by atoms with Crippen molar-refractivity contribution in [3.8, 4) is 0 Å². The Bertz CT molecular complexity index is 486. The number of carbonyl (C=O) groups excluding carboxylic acids is 1. The number of benzene rings is 1. The number of esters is 1. The Labute approximate surface area is 139 Å². The molecule has 0 spiro atoms. The summed E-state index contributed by atoms with van der Waals surface area (Å²) < 4.78 is 5.68. The van der Waals surface area contributed by atoms with E-state index in [-0.39, 0.29) is 5.97 Å². The second-order valence-corrected chi connectivity index (χ2v) is 7.85. The predicted molar refractivity (Wildman–Crippen MR) is 93.3 cm³/mol. The summed E-state index contributed by atoms with van der Waals surface area (Å²) in [4.78, 5) is 12.8. The molecule has 1 aromatic carbocycles. The van der Waals surface area contributed by atoms with Gasteiger partial charge in [0.25, 0.3) is 0 Å². The van der Waals surface area contributed by atoms with E-state index in [2.05, 4.69) is 6.92 Å². The van der Waals surface area contributed by atoms with Crippen LogP contribution < -0.4 is 0 Å². The lowest BCUT2D eigenvalue weighted by atomic mass is 10.1. The first kappa shape index (κ1) is 17.4. The smallest absolute Gasteiger partial charge is 0.340 e. The quantitative estimate of drug-likeness (QED) is 0.400. The third-order valence-electron chi connectivity index (χ3n) is 4.23. The van der Waals surface area contributed by atoms with E-state index in [0.717, 1.165) is 17.7 Å². The zero-order valence-electron chi connectivity index (χ0n) is 13.9. The van der Waals surface area contributed by atoms with Crippen molar-refractivity contribution >= 4 is 17.7 Å². The molecular formula is C19H28O2S. The van der Waals surface area contributed by atoms with Crippen molar-refractivity contribution in [1.29, 1.82) is 0 Å². The second-order valence-electron chi connectivity index (χ2n) is 6.35. The molecule has 1 aliphatic heterocycles. The largest absolute Gasteiger partial charge is 0.444 e. The molecule has 1 aromatic rings. The van der Waals surface area contributed by atoms with Gasteiger partial charge in [0.1, 0.15) is 0 Å². The first-order valence-corrected chi connectivity index (χ1v) is 9.48. The molecule has 0 saturated heterocycles. The van der Waals surface area contributed by atoms with Gasteiger partial charge in [-0.05, 0) is 31.9 Å². The topological polar surface area (TPSA) is 26.3 Å². The van der Waals surface area contributed by atoms with Crippen molar-refractivity contribution < 1.29 is 9.53 Å². The SMILES string of the molecule is CCCCCCCCCCC1(C)OC(=O)c2ccccc2S1. The van der Waals surface area contributed by atoms with Gasteiger partial charge in [-0.25, -0.2) is 4.79 Å². The number of hydrogen-bond donors (Lipinski definition) is 0. The number of rotatable bonds is 9. The Morgan fingerprint density at radius 1 is 1.00 bits per heavy atom. The molecule has 122 valence electrons. The molecule has 1 atom stereocenters. The van der Waals surface area contributed by atoms with E-state index in [4.69, 9.17) is 4.74 Å². The number of ether oxygens (including phenoxy) is 1. The minimum Gasteiger partial charge on any atom is -0.444 e. The molecule has 0 saturated carbocycles. The highest BCUT2D eigenvalue weighted by Gasteiger charge is 2.36. The van der Waals surface area contributed by atoms with Crippen molar-refractivity contribution in [2.24, 2.45) is 0 Å². The molecular weight excluding hydrogens is 292 g/mol. The van der Waals surface area contributed by atoms with Gasteiger partial charge in [0.2, 0.25) is 0 Å². The third-order valence-corrected chi connectivity index (χ3v) is 5.52. The van der Waals surface area contributed by atoms with Gasteiger partial charge in [-0.3, -0.25) is 0 Å². The summed E-state index contributed by atoms with van der Waals surface area (Å²) in [6.45, 7) is 4.30. The Morgan fingerprint density at radius 2 is 1.64 bits per heavy atom. The molecule has 1 unspecified atom stereocenters. The summed E-state index contributed by atoms with van der Waals surface area (Å²) in [5.41, 5.74) is 0.709. The van der Waals surface area contributed by atoms with Crippen LogP contribution in [0.15, 0.2) is 29.2 Å². The fourth-order valence-corrected chi connectivity index (χ4v) is 4.15. The zero-order valence-corrected chi connectivity index (χ0v) is 14.7. The van der Waals surface area contributed by atoms with Crippen LogP contribution in [-0.2, 0) is 4.74 Å². The number of fused-ring (bicyclic) bond motifs is 1. The fraction of sp³-hybridized carbons (Fsp3) is 0.632. The molecule has 0 aliphatic carbocycles. The van der Waals surface area contributed by atoms with Gasteiger partial charge in [-0.2, -0.15) is 0 Å². The van der Waals surface area contributed by atoms with Crippen LogP contribution in [0.5, 0.6) is 0 Å². The van der Waals surface area contributed by atoms with Crippen molar-refractivity contribution in [2.75, 3.05) is 0 Å². The Kier molecular flexibility index (Phi) is 6.81. The molecule has 0 radical (unpaired) electrons. The van der Waals surface area contributed by atoms with Crippen molar-refractivity contribution in [3.05, 3.63) is 29.8 Å². The molecule has 0 aromatic heterocycles. The highest BCUT2D eigenvalue weighted by molar-refractivity contribution is 8.00. The first-order valence-electron chi connectivity index (χ1n) is 8.66. The summed E-state index contributed by atoms with van der Waals surface area (Å²) in [5, 5.41) is 0. The number of unbranched alkanes of at least 4 members (excludes halogenated alkanes) is 7. The molecule has 2 rings (SSSR count). The number of hydrogen-bond acceptors (Lipinski definition) is 3. The van der Waals surface area contributed by atoms with E-state index < -0.39 is 4.93 Å². The van der Waals surface area contributed by atoms with E-state index in [1.807, 2.05) is 31.2 Å². The van der Waals surface area contributed by atoms with Crippen LogP contribution in [0.4, 0.5) is 0 Å². The molecule has 3 heteroatoms. The van der Waals surface area contributed by atoms with Gasteiger partial charge in [0, 0.05) is 4.90 Å². The highest BCUT2D eigenvalue weighted by atomic mass is 32.2. The van der Waals surface area contributed by atoms with Gasteiger partial charge in [-0.1, -0.05) is 75.8 Å². The molecule has 22 heavy (non-hydrogen) atoms. The van der Waals surface area contributed by atoms with Crippen LogP contribution in [0.1, 0.15) is 82.0 Å². The van der Waals surface area contributed by atoms with E-state index in [1.165, 1.54) is 44.9 Å². The lowest BCUT2D eigenvalue weighted by Gasteiger charge is -2.33. The van der Waals surface area contributed by atoms with Crippen LogP contribution in [0.25, 0.3) is 0 Å². The van der Waals surface area contributed by atoms with Gasteiger partial charge in [0.05, 0.1) is 5.56 Å². The number of carbonyl (C=O) groups is 1. The summed E-state index contributed by atoms with van der Waals surface area (Å²) in [6, 6.07) is 7.75. The molecule has 2 nitrogen and oxygen atoms in total. The molecule has 0 amide bonds. The minimum atomic E-state index is -0.395. The first-order chi connectivity index (χ1) is 10.6. The van der Waals surface area contributed by atoms with Crippen LogP contribution in [-0.4, -0.2) is 10.9 Å². The van der Waals surface area contributed by atoms with E-state index in [0.29, 0.717) is 5.56 Å². The third kappa shape index (κ3) is 5.05. The van der Waals surface area contributed by atoms with Gasteiger partial charge in [-0.15, -0.1) is 0 Å². The minimum absolute atomic E-state index is 0.170. The molecule has 0 N–H and O–H groups in total. The fourth-order valence-electron chi connectivity index (χ4n) is 2.91. The van der Waals surface area contributed by atoms with Crippen molar-refractivity contribution in [1.82, 2.24) is 0 Å². The summed E-state index contributed by atoms with van der Waals surface area (Å²) in [5.74, 6) is -0.170. The number of thioether (sulfide) groups is 1. The van der Waals surface area contributed by atoms with Crippen molar-refractivity contribution in [2.45, 2.75) is 81.5 Å². The normalized spacial score (nSPS) is 20.5. The Morgan fingerprint density at radius 3 is 2.36 bits per heavy atom. The van der Waals surface area contributed by atoms with Crippen molar-refractivity contribution in [3.63, 3.8) is 0 Å². The maximum atomic E-state index is 12.1. The molecule has 1 heterocycles. The summed E-state index contributed by atoms with van der Waals surface area (Å²) in [6.07, 6.45) is 11.4. The van der Waals surface area contributed by atoms with Gasteiger partial charge >= 0.3 is 5.97 Å². The molecule has 1 aliphatic rings. The van der Waals surface area contributed by atoms with Crippen LogP contribution in [0, 0.1) is 0 Å². The highest BCUT2D eigenvalue weighted by Crippen LogP contribution is 2.43. The lowest BCUT2D eigenvalue weighted by Crippen LogP contribution is -2.32. The Balaban J connectivity index is 1.71. The number of cyclic esters (lactones) is 1. The average Bonchev–Trinajstić information content (AvgIpc) is 2.50. The maximum absolute atomic E-state index is 12.1. The standard InChI is InChI=1S/C19H28O2S/c1-3-4-5-6-7-8-9-12-15-19(2)21-18(20)16-13-10-11-14-17(16)22-19/h10-11,13-14H,3-9,12,15H2,1-2H3. The monoisotopic (exact) mass is 320 g/mol. The van der Waals surface area contributed by atoms with Crippen LogP contribution in [0.2, 0.25) is 0 Å². The Hall–Kier alpha value is -0.960. The van der Waals surface area contributed by atoms with Gasteiger partial charge in [0.15, 0.2) is 4.93 Å². The maximum Gasteiger partial charge on any atom is 0.340 e.